The topological polar surface area (TPSA) is 66.5 Å². The number of benzene rings is 2. The zero-order valence-electron chi connectivity index (χ0n) is 15.2. The highest BCUT2D eigenvalue weighted by Crippen LogP contribution is 2.32. The zero-order chi connectivity index (χ0) is 20.0. The van der Waals surface area contributed by atoms with Crippen LogP contribution in [0.15, 0.2) is 53.4 Å². The number of halogens is 2. The van der Waals surface area contributed by atoms with E-state index in [0.29, 0.717) is 5.02 Å². The lowest BCUT2D eigenvalue weighted by Crippen LogP contribution is -2.43. The minimum absolute atomic E-state index is 0.0568. The van der Waals surface area contributed by atoms with E-state index in [0.717, 1.165) is 17.1 Å². The van der Waals surface area contributed by atoms with Crippen LogP contribution in [-0.2, 0) is 14.8 Å². The van der Waals surface area contributed by atoms with Crippen molar-refractivity contribution in [3.8, 4) is 0 Å². The number of carbonyl (C=O) groups excluding carboxylic acids is 1. The summed E-state index contributed by atoms with van der Waals surface area (Å²) in [5.41, 5.74) is 0.159. The maximum absolute atomic E-state index is 13.2. The number of hydrogen-bond donors (Lipinski definition) is 1. The highest BCUT2D eigenvalue weighted by atomic mass is 35.5. The van der Waals surface area contributed by atoms with Gasteiger partial charge in [-0.15, -0.1) is 0 Å². The van der Waals surface area contributed by atoms with Gasteiger partial charge in [-0.2, -0.15) is 0 Å². The van der Waals surface area contributed by atoms with Crippen molar-refractivity contribution in [1.82, 2.24) is 5.32 Å². The van der Waals surface area contributed by atoms with Crippen LogP contribution in [0.2, 0.25) is 10.0 Å². The first-order valence-corrected chi connectivity index (χ1v) is 10.8. The lowest BCUT2D eigenvalue weighted by molar-refractivity contribution is -0.120. The van der Waals surface area contributed by atoms with Crippen LogP contribution in [0.4, 0.5) is 5.69 Å². The first-order chi connectivity index (χ1) is 12.8. The molecule has 1 atom stereocenters. The molecule has 1 amide bonds. The second-order valence-electron chi connectivity index (χ2n) is 6.18. The Morgan fingerprint density at radius 2 is 1.81 bits per heavy atom. The van der Waals surface area contributed by atoms with Gasteiger partial charge in [0.2, 0.25) is 5.91 Å². The summed E-state index contributed by atoms with van der Waals surface area (Å²) in [5.74, 6) is -0.411. The molecule has 0 aliphatic heterocycles. The summed E-state index contributed by atoms with van der Waals surface area (Å²) in [7, 11) is -4.01. The van der Waals surface area contributed by atoms with E-state index in [1.165, 1.54) is 24.3 Å². The van der Waals surface area contributed by atoms with Crippen molar-refractivity contribution in [1.29, 1.82) is 0 Å². The quantitative estimate of drug-likeness (QED) is 0.672. The fourth-order valence-electron chi connectivity index (χ4n) is 2.65. The summed E-state index contributed by atoms with van der Waals surface area (Å²) in [4.78, 5) is 12.6. The maximum Gasteiger partial charge on any atom is 0.264 e. The van der Waals surface area contributed by atoms with Gasteiger partial charge in [-0.1, -0.05) is 54.7 Å². The Balaban J connectivity index is 2.43. The molecular weight excluding hydrogens is 407 g/mol. The molecule has 0 heterocycles. The van der Waals surface area contributed by atoms with Crippen LogP contribution in [0.1, 0.15) is 26.7 Å². The van der Waals surface area contributed by atoms with Gasteiger partial charge < -0.3 is 5.32 Å². The highest BCUT2D eigenvalue weighted by molar-refractivity contribution is 7.92. The molecule has 8 heteroatoms. The standard InChI is InChI=1S/C19H22Cl2N2O3S/c1-3-7-14(2)22-19(24)13-23(18-12-15(20)10-11-17(18)21)27(25,26)16-8-5-4-6-9-16/h4-6,8-12,14H,3,7,13H2,1-2H3,(H,22,24)/t14-/m0/s1. The first kappa shape index (κ1) is 21.5. The van der Waals surface area contributed by atoms with Crippen molar-refractivity contribution in [3.05, 3.63) is 58.6 Å². The summed E-state index contributed by atoms with van der Waals surface area (Å²) in [6.07, 6.45) is 1.71. The van der Waals surface area contributed by atoms with E-state index >= 15 is 0 Å². The van der Waals surface area contributed by atoms with Crippen molar-refractivity contribution >= 4 is 44.8 Å². The van der Waals surface area contributed by atoms with Crippen LogP contribution in [0.25, 0.3) is 0 Å². The van der Waals surface area contributed by atoms with Gasteiger partial charge in [-0.05, 0) is 43.7 Å². The molecule has 0 fully saturated rings. The minimum Gasteiger partial charge on any atom is -0.352 e. The summed E-state index contributed by atoms with van der Waals surface area (Å²) in [5, 5.41) is 3.33. The van der Waals surface area contributed by atoms with E-state index in [1.54, 1.807) is 24.3 Å². The molecule has 2 aromatic rings. The molecule has 2 aromatic carbocycles. The Kier molecular flexibility index (Phi) is 7.53. The van der Waals surface area contributed by atoms with E-state index < -0.39 is 22.5 Å². The van der Waals surface area contributed by atoms with Gasteiger partial charge in [-0.3, -0.25) is 9.10 Å². The monoisotopic (exact) mass is 428 g/mol. The van der Waals surface area contributed by atoms with Crippen LogP contribution in [0.3, 0.4) is 0 Å². The number of sulfonamides is 1. The smallest absolute Gasteiger partial charge is 0.264 e. The van der Waals surface area contributed by atoms with Crippen LogP contribution in [0.5, 0.6) is 0 Å². The van der Waals surface area contributed by atoms with Crippen LogP contribution < -0.4 is 9.62 Å². The second-order valence-corrected chi connectivity index (χ2v) is 8.88. The Labute approximate surface area is 170 Å². The number of hydrogen-bond acceptors (Lipinski definition) is 3. The van der Waals surface area contributed by atoms with Gasteiger partial charge in [0.1, 0.15) is 6.54 Å². The highest BCUT2D eigenvalue weighted by Gasteiger charge is 2.29. The molecule has 0 aliphatic rings. The molecule has 0 aromatic heterocycles. The molecule has 0 spiro atoms. The molecular formula is C19H22Cl2N2O3S. The van der Waals surface area contributed by atoms with Gasteiger partial charge in [0.25, 0.3) is 10.0 Å². The summed E-state index contributed by atoms with van der Waals surface area (Å²) >= 11 is 12.3. The number of carbonyl (C=O) groups is 1. The molecule has 0 aliphatic carbocycles. The van der Waals surface area contributed by atoms with Gasteiger partial charge in [0, 0.05) is 11.1 Å². The third kappa shape index (κ3) is 5.61. The van der Waals surface area contributed by atoms with Crippen LogP contribution in [0, 0.1) is 0 Å². The second kappa shape index (κ2) is 9.44. The third-order valence-corrected chi connectivity index (χ3v) is 6.25. The van der Waals surface area contributed by atoms with E-state index in [-0.39, 0.29) is 21.6 Å². The summed E-state index contributed by atoms with van der Waals surface area (Å²) in [6.45, 7) is 3.50. The lowest BCUT2D eigenvalue weighted by atomic mass is 10.2. The average Bonchev–Trinajstić information content (AvgIpc) is 2.62. The first-order valence-electron chi connectivity index (χ1n) is 8.58. The number of anilines is 1. The summed E-state index contributed by atoms with van der Waals surface area (Å²) < 4.78 is 27.4. The number of rotatable bonds is 8. The summed E-state index contributed by atoms with van der Waals surface area (Å²) in [6, 6.07) is 12.3. The van der Waals surface area contributed by atoms with Gasteiger partial charge in [0.15, 0.2) is 0 Å². The Hall–Kier alpha value is -1.76. The Morgan fingerprint density at radius 1 is 1.15 bits per heavy atom. The normalized spacial score (nSPS) is 12.4. The molecule has 0 bridgehead atoms. The van der Waals surface area contributed by atoms with Crippen molar-refractivity contribution in [3.63, 3.8) is 0 Å². The fourth-order valence-corrected chi connectivity index (χ4v) is 4.54. The minimum atomic E-state index is -4.01. The number of nitrogens with one attached hydrogen (secondary N) is 1. The molecule has 1 N–H and O–H groups in total. The SMILES string of the molecule is CCC[C@H](C)NC(=O)CN(c1cc(Cl)ccc1Cl)S(=O)(=O)c1ccccc1. The Bertz CT molecular complexity index is 889. The average molecular weight is 429 g/mol. The molecule has 0 saturated heterocycles. The molecule has 27 heavy (non-hydrogen) atoms. The fraction of sp³-hybridized carbons (Fsp3) is 0.316. The molecule has 0 radical (unpaired) electrons. The van der Waals surface area contributed by atoms with E-state index in [4.69, 9.17) is 23.2 Å². The molecule has 0 saturated carbocycles. The number of amides is 1. The molecule has 146 valence electrons. The largest absolute Gasteiger partial charge is 0.352 e. The van der Waals surface area contributed by atoms with Crippen molar-refractivity contribution in [2.24, 2.45) is 0 Å². The lowest BCUT2D eigenvalue weighted by Gasteiger charge is -2.26. The van der Waals surface area contributed by atoms with E-state index in [1.807, 2.05) is 13.8 Å². The number of nitrogens with zero attached hydrogens (tertiary/aromatic N) is 1. The van der Waals surface area contributed by atoms with Crippen molar-refractivity contribution in [2.75, 3.05) is 10.8 Å². The van der Waals surface area contributed by atoms with Gasteiger partial charge >= 0.3 is 0 Å². The zero-order valence-corrected chi connectivity index (χ0v) is 17.5. The van der Waals surface area contributed by atoms with Crippen LogP contribution in [-0.4, -0.2) is 26.9 Å². The van der Waals surface area contributed by atoms with Crippen molar-refractivity contribution in [2.45, 2.75) is 37.6 Å². The van der Waals surface area contributed by atoms with Crippen LogP contribution >= 0.6 is 23.2 Å². The van der Waals surface area contributed by atoms with E-state index in [9.17, 15) is 13.2 Å². The third-order valence-electron chi connectivity index (χ3n) is 3.92. The molecule has 5 nitrogen and oxygen atoms in total. The van der Waals surface area contributed by atoms with Gasteiger partial charge in [0.05, 0.1) is 15.6 Å². The van der Waals surface area contributed by atoms with Crippen molar-refractivity contribution < 1.29 is 13.2 Å². The maximum atomic E-state index is 13.2. The van der Waals surface area contributed by atoms with E-state index in [2.05, 4.69) is 5.32 Å². The predicted molar refractivity (Wildman–Crippen MR) is 110 cm³/mol. The Morgan fingerprint density at radius 3 is 2.44 bits per heavy atom. The van der Waals surface area contributed by atoms with Gasteiger partial charge in [-0.25, -0.2) is 8.42 Å². The molecule has 0 unspecified atom stereocenters. The molecule has 2 rings (SSSR count). The predicted octanol–water partition coefficient (Wildman–Crippen LogP) is 4.49.